The standard InChI is InChI=1S/C18H19N5O/c1-12-6-5-7-13(2)17(12)20-11-16(24)23-18-21-10-15(22-18)14-8-3-4-9-19-14/h3-10,20H,11H2,1-2H3,(H2,21,22,23,24). The van der Waals surface area contributed by atoms with Gasteiger partial charge in [-0.2, -0.15) is 0 Å². The number of H-pyrrole nitrogens is 1. The normalized spacial score (nSPS) is 10.4. The molecule has 0 atom stereocenters. The fraction of sp³-hybridized carbons (Fsp3) is 0.167. The van der Waals surface area contributed by atoms with Gasteiger partial charge in [0.2, 0.25) is 11.9 Å². The van der Waals surface area contributed by atoms with Crippen LogP contribution in [0.3, 0.4) is 0 Å². The van der Waals surface area contributed by atoms with Crippen molar-refractivity contribution in [3.05, 3.63) is 59.9 Å². The van der Waals surface area contributed by atoms with Crippen LogP contribution in [0.25, 0.3) is 11.4 Å². The molecule has 3 aromatic rings. The maximum absolute atomic E-state index is 12.1. The molecule has 24 heavy (non-hydrogen) atoms. The van der Waals surface area contributed by atoms with Crippen LogP contribution < -0.4 is 10.6 Å². The van der Waals surface area contributed by atoms with Crippen molar-refractivity contribution in [2.75, 3.05) is 17.2 Å². The molecule has 0 aliphatic carbocycles. The van der Waals surface area contributed by atoms with E-state index >= 15 is 0 Å². The van der Waals surface area contributed by atoms with Crippen molar-refractivity contribution in [1.82, 2.24) is 15.0 Å². The summed E-state index contributed by atoms with van der Waals surface area (Å²) >= 11 is 0. The summed E-state index contributed by atoms with van der Waals surface area (Å²) < 4.78 is 0. The summed E-state index contributed by atoms with van der Waals surface area (Å²) in [5.41, 5.74) is 4.65. The number of nitrogens with zero attached hydrogens (tertiary/aromatic N) is 2. The molecule has 0 aliphatic heterocycles. The molecule has 6 heteroatoms. The third-order valence-electron chi connectivity index (χ3n) is 3.67. The maximum atomic E-state index is 12.1. The van der Waals surface area contributed by atoms with Crippen LogP contribution in [0.4, 0.5) is 11.6 Å². The number of carbonyl (C=O) groups is 1. The Morgan fingerprint density at radius 2 is 1.88 bits per heavy atom. The zero-order valence-corrected chi connectivity index (χ0v) is 13.6. The topological polar surface area (TPSA) is 82.7 Å². The third kappa shape index (κ3) is 3.60. The average molecular weight is 321 g/mol. The zero-order chi connectivity index (χ0) is 16.9. The number of anilines is 2. The molecular weight excluding hydrogens is 302 g/mol. The average Bonchev–Trinajstić information content (AvgIpc) is 3.03. The lowest BCUT2D eigenvalue weighted by molar-refractivity contribution is -0.114. The summed E-state index contributed by atoms with van der Waals surface area (Å²) in [5.74, 6) is 0.239. The van der Waals surface area contributed by atoms with Crippen LogP contribution in [-0.2, 0) is 4.79 Å². The SMILES string of the molecule is Cc1cccc(C)c1NCC(=O)Nc1nc(-c2ccccn2)c[nH]1. The second-order valence-corrected chi connectivity index (χ2v) is 5.52. The number of rotatable bonds is 5. The first kappa shape index (κ1) is 15.7. The molecule has 0 fully saturated rings. The van der Waals surface area contributed by atoms with E-state index in [2.05, 4.69) is 25.6 Å². The quantitative estimate of drug-likeness (QED) is 0.674. The number of carbonyl (C=O) groups excluding carboxylic acids is 1. The molecule has 0 saturated carbocycles. The van der Waals surface area contributed by atoms with Crippen molar-refractivity contribution in [1.29, 1.82) is 0 Å². The second kappa shape index (κ2) is 6.95. The Morgan fingerprint density at radius 3 is 2.58 bits per heavy atom. The molecule has 6 nitrogen and oxygen atoms in total. The van der Waals surface area contributed by atoms with Gasteiger partial charge in [-0.15, -0.1) is 0 Å². The van der Waals surface area contributed by atoms with Gasteiger partial charge in [0, 0.05) is 18.1 Å². The molecule has 3 rings (SSSR count). The minimum Gasteiger partial charge on any atom is -0.376 e. The van der Waals surface area contributed by atoms with Gasteiger partial charge in [0.1, 0.15) is 5.69 Å². The number of para-hydroxylation sites is 1. The largest absolute Gasteiger partial charge is 0.376 e. The van der Waals surface area contributed by atoms with Crippen molar-refractivity contribution in [3.63, 3.8) is 0 Å². The predicted octanol–water partition coefficient (Wildman–Crippen LogP) is 3.14. The molecular formula is C18H19N5O. The number of pyridine rings is 1. The van der Waals surface area contributed by atoms with Gasteiger partial charge >= 0.3 is 0 Å². The summed E-state index contributed by atoms with van der Waals surface area (Å²) in [6.45, 7) is 4.20. The predicted molar refractivity (Wildman–Crippen MR) is 94.9 cm³/mol. The van der Waals surface area contributed by atoms with E-state index < -0.39 is 0 Å². The molecule has 0 saturated heterocycles. The minimum absolute atomic E-state index is 0.167. The van der Waals surface area contributed by atoms with E-state index in [1.54, 1.807) is 12.4 Å². The van der Waals surface area contributed by atoms with E-state index in [-0.39, 0.29) is 12.5 Å². The Hall–Kier alpha value is -3.15. The van der Waals surface area contributed by atoms with Gasteiger partial charge < -0.3 is 10.3 Å². The van der Waals surface area contributed by atoms with Crippen LogP contribution in [-0.4, -0.2) is 27.4 Å². The van der Waals surface area contributed by atoms with Gasteiger partial charge in [0.05, 0.1) is 12.2 Å². The van der Waals surface area contributed by atoms with Crippen molar-refractivity contribution in [3.8, 4) is 11.4 Å². The van der Waals surface area contributed by atoms with Crippen molar-refractivity contribution in [2.24, 2.45) is 0 Å². The highest BCUT2D eigenvalue weighted by atomic mass is 16.2. The van der Waals surface area contributed by atoms with E-state index in [1.165, 1.54) is 0 Å². The number of imidazole rings is 1. The maximum Gasteiger partial charge on any atom is 0.245 e. The summed E-state index contributed by atoms with van der Waals surface area (Å²) in [6, 6.07) is 11.6. The minimum atomic E-state index is -0.167. The third-order valence-corrected chi connectivity index (χ3v) is 3.67. The van der Waals surface area contributed by atoms with E-state index in [4.69, 9.17) is 0 Å². The van der Waals surface area contributed by atoms with Crippen LogP contribution in [0, 0.1) is 13.8 Å². The number of amides is 1. The fourth-order valence-corrected chi connectivity index (χ4v) is 2.47. The highest BCUT2D eigenvalue weighted by molar-refractivity contribution is 5.92. The molecule has 1 aromatic carbocycles. The number of aromatic amines is 1. The van der Waals surface area contributed by atoms with Gasteiger partial charge in [-0.3, -0.25) is 15.1 Å². The Bertz CT molecular complexity index is 821. The first-order chi connectivity index (χ1) is 11.6. The van der Waals surface area contributed by atoms with Gasteiger partial charge in [-0.05, 0) is 37.1 Å². The van der Waals surface area contributed by atoms with Crippen LogP contribution in [0.5, 0.6) is 0 Å². The molecule has 0 unspecified atom stereocenters. The summed E-state index contributed by atoms with van der Waals surface area (Å²) in [4.78, 5) is 23.6. The molecule has 0 radical (unpaired) electrons. The lowest BCUT2D eigenvalue weighted by Crippen LogP contribution is -2.23. The summed E-state index contributed by atoms with van der Waals surface area (Å²) in [6.07, 6.45) is 3.42. The van der Waals surface area contributed by atoms with E-state index in [1.807, 2.05) is 50.2 Å². The first-order valence-electron chi connectivity index (χ1n) is 7.70. The smallest absolute Gasteiger partial charge is 0.245 e. The lowest BCUT2D eigenvalue weighted by Gasteiger charge is -2.11. The monoisotopic (exact) mass is 321 g/mol. The van der Waals surface area contributed by atoms with Gasteiger partial charge in [0.25, 0.3) is 0 Å². The number of benzene rings is 1. The number of hydrogen-bond acceptors (Lipinski definition) is 4. The van der Waals surface area contributed by atoms with Crippen LogP contribution >= 0.6 is 0 Å². The number of nitrogens with one attached hydrogen (secondary N) is 3. The molecule has 122 valence electrons. The van der Waals surface area contributed by atoms with E-state index in [0.29, 0.717) is 11.6 Å². The Kier molecular flexibility index (Phi) is 4.56. The highest BCUT2D eigenvalue weighted by Gasteiger charge is 2.09. The lowest BCUT2D eigenvalue weighted by atomic mass is 10.1. The molecule has 1 amide bonds. The van der Waals surface area contributed by atoms with Crippen LogP contribution in [0.2, 0.25) is 0 Å². The van der Waals surface area contributed by atoms with Gasteiger partial charge in [-0.1, -0.05) is 24.3 Å². The molecule has 2 heterocycles. The second-order valence-electron chi connectivity index (χ2n) is 5.52. The molecule has 0 spiro atoms. The summed E-state index contributed by atoms with van der Waals surface area (Å²) in [7, 11) is 0. The number of aromatic nitrogens is 3. The fourth-order valence-electron chi connectivity index (χ4n) is 2.47. The number of hydrogen-bond donors (Lipinski definition) is 3. The first-order valence-corrected chi connectivity index (χ1v) is 7.70. The molecule has 3 N–H and O–H groups in total. The Morgan fingerprint density at radius 1 is 1.08 bits per heavy atom. The zero-order valence-electron chi connectivity index (χ0n) is 13.6. The van der Waals surface area contributed by atoms with Crippen LogP contribution in [0.1, 0.15) is 11.1 Å². The number of aryl methyl sites for hydroxylation is 2. The van der Waals surface area contributed by atoms with Crippen molar-refractivity contribution in [2.45, 2.75) is 13.8 Å². The Labute approximate surface area is 140 Å². The highest BCUT2D eigenvalue weighted by Crippen LogP contribution is 2.19. The van der Waals surface area contributed by atoms with Crippen LogP contribution in [0.15, 0.2) is 48.8 Å². The Balaban J connectivity index is 1.61. The summed E-state index contributed by atoms with van der Waals surface area (Å²) in [5, 5.41) is 5.92. The van der Waals surface area contributed by atoms with Gasteiger partial charge in [0.15, 0.2) is 0 Å². The van der Waals surface area contributed by atoms with E-state index in [9.17, 15) is 4.79 Å². The van der Waals surface area contributed by atoms with Gasteiger partial charge in [-0.25, -0.2) is 4.98 Å². The van der Waals surface area contributed by atoms with E-state index in [0.717, 1.165) is 22.5 Å². The molecule has 2 aromatic heterocycles. The molecule has 0 aliphatic rings. The van der Waals surface area contributed by atoms with Crippen molar-refractivity contribution < 1.29 is 4.79 Å². The molecule has 0 bridgehead atoms. The van der Waals surface area contributed by atoms with Crippen molar-refractivity contribution >= 4 is 17.5 Å².